The lowest BCUT2D eigenvalue weighted by Gasteiger charge is -2.17. The molecule has 3 heteroatoms. The van der Waals surface area contributed by atoms with Gasteiger partial charge in [0.25, 0.3) is 0 Å². The van der Waals surface area contributed by atoms with E-state index in [4.69, 9.17) is 5.73 Å². The van der Waals surface area contributed by atoms with Crippen molar-refractivity contribution < 1.29 is 4.79 Å². The molecule has 0 bridgehead atoms. The van der Waals surface area contributed by atoms with Crippen LogP contribution in [0.15, 0.2) is 24.3 Å². The molecular weight excluding hydrogens is 224 g/mol. The second-order valence-corrected chi connectivity index (χ2v) is 4.72. The van der Waals surface area contributed by atoms with E-state index in [0.29, 0.717) is 0 Å². The highest BCUT2D eigenvalue weighted by molar-refractivity contribution is 5.81. The van der Waals surface area contributed by atoms with Crippen molar-refractivity contribution >= 4 is 5.91 Å². The third-order valence-corrected chi connectivity index (χ3v) is 3.18. The fraction of sp³-hybridized carbons (Fsp3) is 0.533. The van der Waals surface area contributed by atoms with Gasteiger partial charge in [0.2, 0.25) is 5.91 Å². The lowest BCUT2D eigenvalue weighted by molar-refractivity contribution is -0.123. The molecule has 1 aromatic rings. The van der Waals surface area contributed by atoms with Gasteiger partial charge >= 0.3 is 0 Å². The van der Waals surface area contributed by atoms with E-state index in [1.165, 1.54) is 5.56 Å². The standard InChI is InChI=1S/C15H24N2O/c1-4-6-14(16)15(18)17-11(3)13-9-7-12(5-2)8-10-13/h7-11,14H,4-6,16H2,1-3H3,(H,17,18)/t11?,14-/m1/s1. The highest BCUT2D eigenvalue weighted by Gasteiger charge is 2.15. The van der Waals surface area contributed by atoms with Gasteiger partial charge in [0.15, 0.2) is 0 Å². The van der Waals surface area contributed by atoms with Gasteiger partial charge in [-0.25, -0.2) is 0 Å². The van der Waals surface area contributed by atoms with Crippen LogP contribution in [-0.2, 0) is 11.2 Å². The van der Waals surface area contributed by atoms with Gasteiger partial charge in [0, 0.05) is 0 Å². The zero-order chi connectivity index (χ0) is 13.5. The van der Waals surface area contributed by atoms with E-state index in [-0.39, 0.29) is 11.9 Å². The van der Waals surface area contributed by atoms with Crippen LogP contribution in [-0.4, -0.2) is 11.9 Å². The average Bonchev–Trinajstić information content (AvgIpc) is 2.39. The first-order valence-corrected chi connectivity index (χ1v) is 6.73. The van der Waals surface area contributed by atoms with Gasteiger partial charge in [-0.05, 0) is 30.9 Å². The number of nitrogens with one attached hydrogen (secondary N) is 1. The first-order valence-electron chi connectivity index (χ1n) is 6.73. The highest BCUT2D eigenvalue weighted by Crippen LogP contribution is 2.14. The summed E-state index contributed by atoms with van der Waals surface area (Å²) in [5.41, 5.74) is 8.21. The van der Waals surface area contributed by atoms with Crippen molar-refractivity contribution in [1.29, 1.82) is 0 Å². The monoisotopic (exact) mass is 248 g/mol. The molecule has 0 fully saturated rings. The fourth-order valence-corrected chi connectivity index (χ4v) is 1.89. The third-order valence-electron chi connectivity index (χ3n) is 3.18. The van der Waals surface area contributed by atoms with Gasteiger partial charge in [-0.1, -0.05) is 44.5 Å². The summed E-state index contributed by atoms with van der Waals surface area (Å²) in [5, 5.41) is 2.95. The van der Waals surface area contributed by atoms with Crippen LogP contribution in [0.4, 0.5) is 0 Å². The number of carbonyl (C=O) groups excluding carboxylic acids is 1. The summed E-state index contributed by atoms with van der Waals surface area (Å²) in [6, 6.07) is 7.94. The molecule has 18 heavy (non-hydrogen) atoms. The minimum atomic E-state index is -0.396. The van der Waals surface area contributed by atoms with Crippen molar-refractivity contribution in [2.75, 3.05) is 0 Å². The average molecular weight is 248 g/mol. The molecule has 0 aliphatic rings. The summed E-state index contributed by atoms with van der Waals surface area (Å²) in [7, 11) is 0. The van der Waals surface area contributed by atoms with Crippen LogP contribution in [0.1, 0.15) is 50.8 Å². The van der Waals surface area contributed by atoms with Gasteiger partial charge in [-0.2, -0.15) is 0 Å². The van der Waals surface area contributed by atoms with Crippen molar-refractivity contribution in [3.8, 4) is 0 Å². The number of aryl methyl sites for hydroxylation is 1. The molecule has 3 N–H and O–H groups in total. The molecule has 0 saturated carbocycles. The molecule has 1 rings (SSSR count). The van der Waals surface area contributed by atoms with E-state index in [0.717, 1.165) is 24.8 Å². The highest BCUT2D eigenvalue weighted by atomic mass is 16.2. The number of benzene rings is 1. The maximum atomic E-state index is 11.8. The summed E-state index contributed by atoms with van der Waals surface area (Å²) in [6.07, 6.45) is 2.68. The molecule has 100 valence electrons. The van der Waals surface area contributed by atoms with Crippen molar-refractivity contribution in [3.63, 3.8) is 0 Å². The Balaban J connectivity index is 2.58. The van der Waals surface area contributed by atoms with Crippen LogP contribution < -0.4 is 11.1 Å². The van der Waals surface area contributed by atoms with Crippen LogP contribution in [0.5, 0.6) is 0 Å². The molecule has 0 saturated heterocycles. The molecule has 0 heterocycles. The van der Waals surface area contributed by atoms with Gasteiger partial charge in [0.05, 0.1) is 12.1 Å². The van der Waals surface area contributed by atoms with Crippen LogP contribution in [0.3, 0.4) is 0 Å². The minimum absolute atomic E-state index is 0.00584. The molecule has 0 radical (unpaired) electrons. The fourth-order valence-electron chi connectivity index (χ4n) is 1.89. The first kappa shape index (κ1) is 14.7. The maximum Gasteiger partial charge on any atom is 0.237 e. The molecule has 3 nitrogen and oxygen atoms in total. The normalized spacial score (nSPS) is 14.0. The maximum absolute atomic E-state index is 11.8. The summed E-state index contributed by atoms with van der Waals surface area (Å²) < 4.78 is 0. The molecule has 0 aliphatic carbocycles. The summed E-state index contributed by atoms with van der Waals surface area (Å²) in [6.45, 7) is 6.14. The molecule has 0 aromatic heterocycles. The summed E-state index contributed by atoms with van der Waals surface area (Å²) in [5.74, 6) is -0.0658. The van der Waals surface area contributed by atoms with Gasteiger partial charge in [-0.15, -0.1) is 0 Å². The largest absolute Gasteiger partial charge is 0.348 e. The number of nitrogens with two attached hydrogens (primary N) is 1. The molecule has 0 aliphatic heterocycles. The first-order chi connectivity index (χ1) is 8.58. The molecule has 2 atom stereocenters. The van der Waals surface area contributed by atoms with Gasteiger partial charge < -0.3 is 11.1 Å². The Hall–Kier alpha value is -1.35. The van der Waals surface area contributed by atoms with E-state index < -0.39 is 6.04 Å². The zero-order valence-electron chi connectivity index (χ0n) is 11.6. The Labute approximate surface area is 110 Å². The van der Waals surface area contributed by atoms with Crippen molar-refractivity contribution in [2.45, 2.75) is 52.1 Å². The van der Waals surface area contributed by atoms with Crippen LogP contribution in [0.25, 0.3) is 0 Å². The van der Waals surface area contributed by atoms with E-state index in [1.807, 2.05) is 13.8 Å². The van der Waals surface area contributed by atoms with Crippen molar-refractivity contribution in [1.82, 2.24) is 5.32 Å². The number of carbonyl (C=O) groups is 1. The number of hydrogen-bond acceptors (Lipinski definition) is 2. The summed E-state index contributed by atoms with van der Waals surface area (Å²) in [4.78, 5) is 11.8. The lowest BCUT2D eigenvalue weighted by atomic mass is 10.0. The van der Waals surface area contributed by atoms with Crippen molar-refractivity contribution in [2.24, 2.45) is 5.73 Å². The Morgan fingerprint density at radius 3 is 2.39 bits per heavy atom. The topological polar surface area (TPSA) is 55.1 Å². The predicted molar refractivity (Wildman–Crippen MR) is 75.3 cm³/mol. The Morgan fingerprint density at radius 2 is 1.89 bits per heavy atom. The smallest absolute Gasteiger partial charge is 0.237 e. The minimum Gasteiger partial charge on any atom is -0.348 e. The molecule has 1 aromatic carbocycles. The second kappa shape index (κ2) is 7.17. The molecule has 0 spiro atoms. The second-order valence-electron chi connectivity index (χ2n) is 4.72. The van der Waals surface area contributed by atoms with Gasteiger partial charge in [-0.3, -0.25) is 4.79 Å². The Bertz CT molecular complexity index is 373. The number of rotatable bonds is 6. The quantitative estimate of drug-likeness (QED) is 0.813. The van der Waals surface area contributed by atoms with Gasteiger partial charge in [0.1, 0.15) is 0 Å². The SMILES string of the molecule is CCC[C@@H](N)C(=O)NC(C)c1ccc(CC)cc1. The van der Waals surface area contributed by atoms with Crippen LogP contribution in [0.2, 0.25) is 0 Å². The number of hydrogen-bond donors (Lipinski definition) is 2. The summed E-state index contributed by atoms with van der Waals surface area (Å²) >= 11 is 0. The number of amides is 1. The zero-order valence-corrected chi connectivity index (χ0v) is 11.6. The van der Waals surface area contributed by atoms with Crippen LogP contribution >= 0.6 is 0 Å². The molecule has 1 unspecified atom stereocenters. The van der Waals surface area contributed by atoms with Crippen molar-refractivity contribution in [3.05, 3.63) is 35.4 Å². The predicted octanol–water partition coefficient (Wildman–Crippen LogP) is 2.55. The molecular formula is C15H24N2O. The van der Waals surface area contributed by atoms with E-state index in [2.05, 4.69) is 36.5 Å². The van der Waals surface area contributed by atoms with Crippen LogP contribution in [0, 0.1) is 0 Å². The molecule has 1 amide bonds. The van der Waals surface area contributed by atoms with E-state index >= 15 is 0 Å². The van der Waals surface area contributed by atoms with E-state index in [9.17, 15) is 4.79 Å². The lowest BCUT2D eigenvalue weighted by Crippen LogP contribution is -2.41. The Kier molecular flexibility index (Phi) is 5.86. The Morgan fingerprint density at radius 1 is 1.28 bits per heavy atom. The van der Waals surface area contributed by atoms with E-state index in [1.54, 1.807) is 0 Å². The third kappa shape index (κ3) is 4.15.